The van der Waals surface area contributed by atoms with E-state index in [0.29, 0.717) is 4.21 Å². The molecule has 0 saturated heterocycles. The van der Waals surface area contributed by atoms with Gasteiger partial charge in [-0.3, -0.25) is 0 Å². The van der Waals surface area contributed by atoms with Gasteiger partial charge in [0.05, 0.1) is 0 Å². The van der Waals surface area contributed by atoms with Crippen molar-refractivity contribution < 1.29 is 8.42 Å². The van der Waals surface area contributed by atoms with E-state index in [2.05, 4.69) is 23.9 Å². The highest BCUT2D eigenvalue weighted by Gasteiger charge is 2.35. The van der Waals surface area contributed by atoms with Gasteiger partial charge in [-0.15, -0.1) is 11.3 Å². The van der Waals surface area contributed by atoms with Crippen LogP contribution in [0.5, 0.6) is 0 Å². The van der Waals surface area contributed by atoms with Crippen molar-refractivity contribution in [2.45, 2.75) is 63.3 Å². The first kappa shape index (κ1) is 16.9. The summed E-state index contributed by atoms with van der Waals surface area (Å²) in [6.07, 6.45) is 4.31. The monoisotopic (exact) mass is 330 g/mol. The minimum Gasteiger partial charge on any atom is -0.313 e. The molecular formula is C15H26N2O2S2. The van der Waals surface area contributed by atoms with Crippen molar-refractivity contribution in [1.82, 2.24) is 10.0 Å². The van der Waals surface area contributed by atoms with Crippen LogP contribution in [-0.2, 0) is 16.6 Å². The summed E-state index contributed by atoms with van der Waals surface area (Å²) in [7, 11) is -3.39. The molecule has 0 bridgehead atoms. The van der Waals surface area contributed by atoms with Gasteiger partial charge in [0.15, 0.2) is 0 Å². The summed E-state index contributed by atoms with van der Waals surface area (Å²) < 4.78 is 28.5. The van der Waals surface area contributed by atoms with Gasteiger partial charge >= 0.3 is 0 Å². The molecule has 1 aromatic rings. The van der Waals surface area contributed by atoms with Crippen molar-refractivity contribution in [2.24, 2.45) is 5.41 Å². The van der Waals surface area contributed by atoms with Crippen molar-refractivity contribution in [1.29, 1.82) is 0 Å². The van der Waals surface area contributed by atoms with Crippen LogP contribution < -0.4 is 10.0 Å². The molecule has 0 amide bonds. The van der Waals surface area contributed by atoms with E-state index < -0.39 is 10.0 Å². The maximum Gasteiger partial charge on any atom is 0.250 e. The number of thiophene rings is 1. The van der Waals surface area contributed by atoms with E-state index in [9.17, 15) is 8.42 Å². The standard InChI is InChI=1S/C15H26N2O2S2/c1-4-16-10-12-9-14(20-11-12)21(18,19)17-13-7-5-6-8-15(13,2)3/h9,11,13,16-17H,4-8,10H2,1-3H3. The maximum atomic E-state index is 12.6. The Balaban J connectivity index is 2.09. The minimum atomic E-state index is -3.39. The molecule has 1 aliphatic rings. The first-order valence-corrected chi connectivity index (χ1v) is 10.0. The van der Waals surface area contributed by atoms with Crippen molar-refractivity contribution >= 4 is 21.4 Å². The predicted molar refractivity (Wildman–Crippen MR) is 88.1 cm³/mol. The number of hydrogen-bond acceptors (Lipinski definition) is 4. The van der Waals surface area contributed by atoms with Gasteiger partial charge in [0.2, 0.25) is 10.0 Å². The molecule has 0 spiro atoms. The lowest BCUT2D eigenvalue weighted by atomic mass is 9.74. The summed E-state index contributed by atoms with van der Waals surface area (Å²) in [5, 5.41) is 5.14. The van der Waals surface area contributed by atoms with Crippen LogP contribution in [0.15, 0.2) is 15.7 Å². The van der Waals surface area contributed by atoms with Gasteiger partial charge in [0.25, 0.3) is 0 Å². The highest BCUT2D eigenvalue weighted by molar-refractivity contribution is 7.91. The van der Waals surface area contributed by atoms with E-state index in [4.69, 9.17) is 0 Å². The molecule has 21 heavy (non-hydrogen) atoms. The molecule has 1 atom stereocenters. The Labute approximate surface area is 132 Å². The average molecular weight is 331 g/mol. The van der Waals surface area contributed by atoms with Crippen LogP contribution in [0.2, 0.25) is 0 Å². The summed E-state index contributed by atoms with van der Waals surface area (Å²) >= 11 is 1.31. The molecule has 1 aliphatic carbocycles. The van der Waals surface area contributed by atoms with Crippen LogP contribution >= 0.6 is 11.3 Å². The topological polar surface area (TPSA) is 58.2 Å². The number of sulfonamides is 1. The minimum absolute atomic E-state index is 0.0369. The highest BCUT2D eigenvalue weighted by Crippen LogP contribution is 2.36. The summed E-state index contributed by atoms with van der Waals surface area (Å²) in [5.41, 5.74) is 1.07. The molecule has 1 heterocycles. The second-order valence-corrected chi connectivity index (χ2v) is 9.31. The molecule has 6 heteroatoms. The molecular weight excluding hydrogens is 304 g/mol. The zero-order valence-electron chi connectivity index (χ0n) is 13.1. The third kappa shape index (κ3) is 4.28. The second kappa shape index (κ2) is 6.77. The van der Waals surface area contributed by atoms with E-state index in [-0.39, 0.29) is 11.5 Å². The zero-order chi connectivity index (χ0) is 15.5. The molecule has 1 aromatic heterocycles. The Morgan fingerprint density at radius 3 is 2.81 bits per heavy atom. The Morgan fingerprint density at radius 2 is 2.14 bits per heavy atom. The quantitative estimate of drug-likeness (QED) is 0.842. The summed E-state index contributed by atoms with van der Waals surface area (Å²) in [5.74, 6) is 0. The molecule has 2 N–H and O–H groups in total. The van der Waals surface area contributed by atoms with Crippen LogP contribution in [0.25, 0.3) is 0 Å². The third-order valence-electron chi connectivity index (χ3n) is 4.28. The Bertz CT molecular complexity index is 564. The number of rotatable bonds is 6. The zero-order valence-corrected chi connectivity index (χ0v) is 14.7. The lowest BCUT2D eigenvalue weighted by molar-refractivity contribution is 0.188. The van der Waals surface area contributed by atoms with E-state index in [1.165, 1.54) is 17.8 Å². The Kier molecular flexibility index (Phi) is 5.46. The lowest BCUT2D eigenvalue weighted by Gasteiger charge is -2.38. The van der Waals surface area contributed by atoms with Crippen LogP contribution in [-0.4, -0.2) is 21.0 Å². The van der Waals surface area contributed by atoms with E-state index >= 15 is 0 Å². The first-order valence-electron chi connectivity index (χ1n) is 7.65. The smallest absolute Gasteiger partial charge is 0.250 e. The SMILES string of the molecule is CCNCc1csc(S(=O)(=O)NC2CCCCC2(C)C)c1. The van der Waals surface area contributed by atoms with E-state index in [1.807, 2.05) is 12.3 Å². The number of nitrogens with one attached hydrogen (secondary N) is 2. The molecule has 4 nitrogen and oxygen atoms in total. The molecule has 1 fully saturated rings. The highest BCUT2D eigenvalue weighted by atomic mass is 32.2. The maximum absolute atomic E-state index is 12.6. The van der Waals surface area contributed by atoms with Gasteiger partial charge in [0, 0.05) is 12.6 Å². The third-order valence-corrected chi connectivity index (χ3v) is 7.24. The first-order chi connectivity index (χ1) is 9.85. The number of hydrogen-bond donors (Lipinski definition) is 2. The summed E-state index contributed by atoms with van der Waals surface area (Å²) in [6.45, 7) is 7.95. The normalized spacial score (nSPS) is 22.3. The van der Waals surface area contributed by atoms with Gasteiger partial charge in [0.1, 0.15) is 4.21 Å². The van der Waals surface area contributed by atoms with Crippen LogP contribution in [0.4, 0.5) is 0 Å². The van der Waals surface area contributed by atoms with E-state index in [0.717, 1.165) is 37.9 Å². The molecule has 0 aliphatic heterocycles. The van der Waals surface area contributed by atoms with E-state index in [1.54, 1.807) is 6.07 Å². The summed E-state index contributed by atoms with van der Waals surface area (Å²) in [4.78, 5) is 0. The van der Waals surface area contributed by atoms with Crippen molar-refractivity contribution in [2.75, 3.05) is 6.54 Å². The Morgan fingerprint density at radius 1 is 1.38 bits per heavy atom. The molecule has 1 saturated carbocycles. The van der Waals surface area contributed by atoms with Gasteiger partial charge in [-0.1, -0.05) is 33.6 Å². The van der Waals surface area contributed by atoms with Crippen molar-refractivity contribution in [3.8, 4) is 0 Å². The lowest BCUT2D eigenvalue weighted by Crippen LogP contribution is -2.46. The van der Waals surface area contributed by atoms with Crippen molar-refractivity contribution in [3.05, 3.63) is 17.0 Å². The van der Waals surface area contributed by atoms with Crippen molar-refractivity contribution in [3.63, 3.8) is 0 Å². The molecule has 0 radical (unpaired) electrons. The van der Waals surface area contributed by atoms with Crippen LogP contribution in [0.3, 0.4) is 0 Å². The van der Waals surface area contributed by atoms with Gasteiger partial charge in [-0.05, 0) is 41.8 Å². The van der Waals surface area contributed by atoms with Gasteiger partial charge in [-0.2, -0.15) is 0 Å². The van der Waals surface area contributed by atoms with Crippen LogP contribution in [0.1, 0.15) is 52.0 Å². The Hall–Kier alpha value is -0.430. The molecule has 1 unspecified atom stereocenters. The average Bonchev–Trinajstić information content (AvgIpc) is 2.88. The fourth-order valence-corrected chi connectivity index (χ4v) is 5.48. The second-order valence-electron chi connectivity index (χ2n) is 6.46. The summed E-state index contributed by atoms with van der Waals surface area (Å²) in [6, 6.07) is 1.82. The van der Waals surface area contributed by atoms with Gasteiger partial charge < -0.3 is 5.32 Å². The van der Waals surface area contributed by atoms with Gasteiger partial charge in [-0.25, -0.2) is 13.1 Å². The molecule has 120 valence electrons. The fraction of sp³-hybridized carbons (Fsp3) is 0.733. The molecule has 2 rings (SSSR count). The largest absolute Gasteiger partial charge is 0.313 e. The molecule has 0 aromatic carbocycles. The van der Waals surface area contributed by atoms with Crippen LogP contribution in [0, 0.1) is 5.41 Å². The fourth-order valence-electron chi connectivity index (χ4n) is 2.81. The predicted octanol–water partition coefficient (Wildman–Crippen LogP) is 3.10.